The van der Waals surface area contributed by atoms with Gasteiger partial charge in [0.2, 0.25) is 0 Å². The molecule has 1 fully saturated rings. The molecule has 0 bridgehead atoms. The maximum atomic E-state index is 12.3. The number of hydrogen-bond donors (Lipinski definition) is 1. The molecule has 0 unspecified atom stereocenters. The number of nitrogens with two attached hydrogens (primary N) is 1. The molecule has 1 aromatic rings. The summed E-state index contributed by atoms with van der Waals surface area (Å²) in [6, 6.07) is 5.61. The van der Waals surface area contributed by atoms with Gasteiger partial charge in [-0.15, -0.1) is 0 Å². The molecule has 1 saturated heterocycles. The van der Waals surface area contributed by atoms with Crippen LogP contribution in [-0.2, 0) is 0 Å². The number of rotatable bonds is 4. The molecule has 104 valence electrons. The van der Waals surface area contributed by atoms with E-state index in [1.165, 1.54) is 12.8 Å². The Balaban J connectivity index is 1.96. The molecule has 0 aliphatic carbocycles. The molecule has 19 heavy (non-hydrogen) atoms. The maximum absolute atomic E-state index is 12.3. The van der Waals surface area contributed by atoms with Gasteiger partial charge < -0.3 is 15.5 Å². The Morgan fingerprint density at radius 3 is 2.74 bits per heavy atom. The smallest absolute Gasteiger partial charge is 0.255 e. The van der Waals surface area contributed by atoms with Gasteiger partial charge in [-0.25, -0.2) is 0 Å². The van der Waals surface area contributed by atoms with E-state index in [0.29, 0.717) is 11.3 Å². The third-order valence-electron chi connectivity index (χ3n) is 3.85. The molecule has 4 nitrogen and oxygen atoms in total. The van der Waals surface area contributed by atoms with Gasteiger partial charge in [0.15, 0.2) is 0 Å². The summed E-state index contributed by atoms with van der Waals surface area (Å²) in [7, 11) is 1.85. The van der Waals surface area contributed by atoms with Crippen LogP contribution in [-0.4, -0.2) is 48.9 Å². The summed E-state index contributed by atoms with van der Waals surface area (Å²) in [4.78, 5) is 16.5. The lowest BCUT2D eigenvalue weighted by molar-refractivity contribution is 0.0783. The van der Waals surface area contributed by atoms with E-state index in [0.717, 1.165) is 31.7 Å². The second-order valence-electron chi connectivity index (χ2n) is 5.31. The average Bonchev–Trinajstić information content (AvgIpc) is 2.91. The van der Waals surface area contributed by atoms with Crippen LogP contribution >= 0.6 is 0 Å². The second-order valence-corrected chi connectivity index (χ2v) is 5.31. The summed E-state index contributed by atoms with van der Waals surface area (Å²) < 4.78 is 0. The lowest BCUT2D eigenvalue weighted by atomic mass is 10.1. The van der Waals surface area contributed by atoms with Gasteiger partial charge in [-0.2, -0.15) is 0 Å². The number of benzene rings is 1. The second kappa shape index (κ2) is 6.06. The van der Waals surface area contributed by atoms with Gasteiger partial charge in [-0.05, 0) is 44.5 Å². The zero-order valence-electron chi connectivity index (χ0n) is 11.9. The number of likely N-dealkylation sites (tertiary alicyclic amines) is 1. The van der Waals surface area contributed by atoms with Gasteiger partial charge in [0.05, 0.1) is 5.56 Å². The van der Waals surface area contributed by atoms with E-state index < -0.39 is 0 Å². The molecule has 4 heteroatoms. The summed E-state index contributed by atoms with van der Waals surface area (Å²) >= 11 is 0. The molecular weight excluding hydrogens is 238 g/mol. The van der Waals surface area contributed by atoms with Crippen molar-refractivity contribution in [2.45, 2.75) is 19.8 Å². The molecule has 0 radical (unpaired) electrons. The number of anilines is 1. The minimum absolute atomic E-state index is 0.0143. The van der Waals surface area contributed by atoms with Gasteiger partial charge in [0.1, 0.15) is 0 Å². The number of amides is 1. The highest BCUT2D eigenvalue weighted by molar-refractivity contribution is 5.99. The van der Waals surface area contributed by atoms with Crippen LogP contribution < -0.4 is 5.73 Å². The molecule has 0 aromatic heterocycles. The highest BCUT2D eigenvalue weighted by Crippen LogP contribution is 2.18. The summed E-state index contributed by atoms with van der Waals surface area (Å²) in [6.45, 7) is 5.96. The van der Waals surface area contributed by atoms with Crippen LogP contribution in [0.4, 0.5) is 5.69 Å². The largest absolute Gasteiger partial charge is 0.398 e. The maximum Gasteiger partial charge on any atom is 0.255 e. The van der Waals surface area contributed by atoms with Crippen molar-refractivity contribution >= 4 is 11.6 Å². The van der Waals surface area contributed by atoms with E-state index in [2.05, 4.69) is 4.90 Å². The van der Waals surface area contributed by atoms with Crippen molar-refractivity contribution in [1.29, 1.82) is 0 Å². The van der Waals surface area contributed by atoms with Gasteiger partial charge in [0, 0.05) is 25.8 Å². The van der Waals surface area contributed by atoms with E-state index in [1.54, 1.807) is 11.0 Å². The molecule has 0 saturated carbocycles. The Morgan fingerprint density at radius 2 is 2.05 bits per heavy atom. The Labute approximate surface area is 115 Å². The number of nitrogen functional groups attached to an aromatic ring is 1. The third-order valence-corrected chi connectivity index (χ3v) is 3.85. The predicted molar refractivity (Wildman–Crippen MR) is 78.2 cm³/mol. The highest BCUT2D eigenvalue weighted by Gasteiger charge is 2.17. The number of hydrogen-bond acceptors (Lipinski definition) is 3. The van der Waals surface area contributed by atoms with Gasteiger partial charge >= 0.3 is 0 Å². The first-order valence-electron chi connectivity index (χ1n) is 6.92. The van der Waals surface area contributed by atoms with Crippen molar-refractivity contribution in [3.8, 4) is 0 Å². The quantitative estimate of drug-likeness (QED) is 0.840. The van der Waals surface area contributed by atoms with Crippen LogP contribution in [0.25, 0.3) is 0 Å². The van der Waals surface area contributed by atoms with Crippen molar-refractivity contribution in [2.75, 3.05) is 39.0 Å². The van der Waals surface area contributed by atoms with Crippen LogP contribution in [0.15, 0.2) is 18.2 Å². The lowest BCUT2D eigenvalue weighted by Gasteiger charge is -2.22. The van der Waals surface area contributed by atoms with Gasteiger partial charge in [-0.1, -0.05) is 12.1 Å². The van der Waals surface area contributed by atoms with Crippen molar-refractivity contribution in [3.63, 3.8) is 0 Å². The van der Waals surface area contributed by atoms with Crippen molar-refractivity contribution in [1.82, 2.24) is 9.80 Å². The SMILES string of the molecule is Cc1cccc(C(=O)N(C)CCN2CCCC2)c1N. The molecule has 1 aromatic carbocycles. The van der Waals surface area contributed by atoms with Crippen LogP contribution in [0, 0.1) is 6.92 Å². The standard InChI is InChI=1S/C15H23N3O/c1-12-6-5-7-13(14(12)16)15(19)17(2)10-11-18-8-3-4-9-18/h5-7H,3-4,8-11,16H2,1-2H3. The zero-order valence-corrected chi connectivity index (χ0v) is 11.9. The fraction of sp³-hybridized carbons (Fsp3) is 0.533. The molecule has 2 rings (SSSR count). The van der Waals surface area contributed by atoms with Crippen molar-refractivity contribution < 1.29 is 4.79 Å². The van der Waals surface area contributed by atoms with Crippen LogP contribution in [0.3, 0.4) is 0 Å². The summed E-state index contributed by atoms with van der Waals surface area (Å²) in [5.74, 6) is 0.0143. The Bertz CT molecular complexity index is 453. The van der Waals surface area contributed by atoms with E-state index in [-0.39, 0.29) is 5.91 Å². The number of aryl methyl sites for hydroxylation is 1. The third kappa shape index (κ3) is 3.26. The Kier molecular flexibility index (Phi) is 4.43. The monoisotopic (exact) mass is 261 g/mol. The molecule has 1 aliphatic rings. The average molecular weight is 261 g/mol. The molecule has 0 spiro atoms. The van der Waals surface area contributed by atoms with E-state index in [4.69, 9.17) is 5.73 Å². The number of carbonyl (C=O) groups excluding carboxylic acids is 1. The molecular formula is C15H23N3O. The number of nitrogens with zero attached hydrogens (tertiary/aromatic N) is 2. The first-order valence-corrected chi connectivity index (χ1v) is 6.92. The Hall–Kier alpha value is -1.55. The molecule has 2 N–H and O–H groups in total. The van der Waals surface area contributed by atoms with Gasteiger partial charge in [0.25, 0.3) is 5.91 Å². The minimum Gasteiger partial charge on any atom is -0.398 e. The van der Waals surface area contributed by atoms with E-state index in [1.807, 2.05) is 26.1 Å². The van der Waals surface area contributed by atoms with E-state index in [9.17, 15) is 4.79 Å². The number of carbonyl (C=O) groups is 1. The highest BCUT2D eigenvalue weighted by atomic mass is 16.2. The van der Waals surface area contributed by atoms with E-state index >= 15 is 0 Å². The summed E-state index contributed by atoms with van der Waals surface area (Å²) in [5, 5.41) is 0. The first kappa shape index (κ1) is 13.9. The topological polar surface area (TPSA) is 49.6 Å². The zero-order chi connectivity index (χ0) is 13.8. The number of likely N-dealkylation sites (N-methyl/N-ethyl adjacent to an activating group) is 1. The minimum atomic E-state index is 0.0143. The van der Waals surface area contributed by atoms with Crippen molar-refractivity contribution in [3.05, 3.63) is 29.3 Å². The lowest BCUT2D eigenvalue weighted by Crippen LogP contribution is -2.35. The molecule has 1 aliphatic heterocycles. The fourth-order valence-corrected chi connectivity index (χ4v) is 2.47. The van der Waals surface area contributed by atoms with Crippen LogP contribution in [0.5, 0.6) is 0 Å². The first-order chi connectivity index (χ1) is 9.09. The molecule has 1 amide bonds. The summed E-state index contributed by atoms with van der Waals surface area (Å²) in [5.41, 5.74) is 8.15. The van der Waals surface area contributed by atoms with Crippen LogP contribution in [0.1, 0.15) is 28.8 Å². The molecule has 1 heterocycles. The van der Waals surface area contributed by atoms with Crippen LogP contribution in [0.2, 0.25) is 0 Å². The molecule has 0 atom stereocenters. The fourth-order valence-electron chi connectivity index (χ4n) is 2.47. The van der Waals surface area contributed by atoms with Gasteiger partial charge in [-0.3, -0.25) is 4.79 Å². The normalized spacial score (nSPS) is 15.7. The number of para-hydroxylation sites is 1. The van der Waals surface area contributed by atoms with Crippen molar-refractivity contribution in [2.24, 2.45) is 0 Å². The predicted octanol–water partition coefficient (Wildman–Crippen LogP) is 1.75. The summed E-state index contributed by atoms with van der Waals surface area (Å²) in [6.07, 6.45) is 2.56. The Morgan fingerprint density at radius 1 is 1.37 bits per heavy atom.